The van der Waals surface area contributed by atoms with Crippen molar-refractivity contribution in [3.8, 4) is 0 Å². The lowest BCUT2D eigenvalue weighted by molar-refractivity contribution is 0.487. The highest BCUT2D eigenvalue weighted by atomic mass is 14.1. The molecule has 1 unspecified atom stereocenters. The number of rotatable bonds is 3. The summed E-state index contributed by atoms with van der Waals surface area (Å²) in [5.41, 5.74) is 1.45. The first-order chi connectivity index (χ1) is 5.13. The van der Waals surface area contributed by atoms with Gasteiger partial charge in [0.2, 0.25) is 0 Å². The molecule has 0 amide bonds. The quantitative estimate of drug-likeness (QED) is 0.539. The second-order valence-electron chi connectivity index (χ2n) is 3.32. The Hall–Kier alpha value is -0.520. The van der Waals surface area contributed by atoms with Gasteiger partial charge >= 0.3 is 0 Å². The van der Waals surface area contributed by atoms with Gasteiger partial charge in [0.25, 0.3) is 0 Å². The summed E-state index contributed by atoms with van der Waals surface area (Å²) in [6.07, 6.45) is 6.50. The molecule has 1 atom stereocenters. The minimum absolute atomic E-state index is 0.677. The molecule has 0 radical (unpaired) electrons. The second-order valence-corrected chi connectivity index (χ2v) is 3.32. The zero-order chi connectivity index (χ0) is 8.85. The van der Waals surface area contributed by atoms with E-state index in [-0.39, 0.29) is 0 Å². The normalized spacial score (nSPS) is 16.4. The van der Waals surface area contributed by atoms with Crippen molar-refractivity contribution in [1.82, 2.24) is 0 Å². The molecule has 0 bridgehead atoms. The molecule has 0 nitrogen and oxygen atoms in total. The zero-order valence-electron chi connectivity index (χ0n) is 8.39. The summed E-state index contributed by atoms with van der Waals surface area (Å²) in [6, 6.07) is 0. The molecule has 0 saturated heterocycles. The molecular formula is C11H20. The minimum atomic E-state index is 0.677. The number of allylic oxidation sites excluding steroid dienone is 4. The minimum Gasteiger partial charge on any atom is -0.0874 e. The van der Waals surface area contributed by atoms with Crippen LogP contribution in [0.2, 0.25) is 0 Å². The van der Waals surface area contributed by atoms with Crippen LogP contribution in [0, 0.1) is 11.8 Å². The van der Waals surface area contributed by atoms with Crippen molar-refractivity contribution in [2.24, 2.45) is 11.8 Å². The van der Waals surface area contributed by atoms with E-state index < -0.39 is 0 Å². The Kier molecular flexibility index (Phi) is 4.93. The van der Waals surface area contributed by atoms with Gasteiger partial charge in [0.15, 0.2) is 0 Å². The molecule has 11 heavy (non-hydrogen) atoms. The van der Waals surface area contributed by atoms with E-state index in [1.165, 1.54) is 5.57 Å². The van der Waals surface area contributed by atoms with Gasteiger partial charge in [0.1, 0.15) is 0 Å². The molecule has 0 heterocycles. The van der Waals surface area contributed by atoms with Crippen LogP contribution in [-0.2, 0) is 0 Å². The smallest absolute Gasteiger partial charge is 0.0171 e. The highest BCUT2D eigenvalue weighted by Gasteiger charge is 2.08. The van der Waals surface area contributed by atoms with Gasteiger partial charge in [-0.1, -0.05) is 39.0 Å². The summed E-state index contributed by atoms with van der Waals surface area (Å²) in [5, 5.41) is 0. The fourth-order valence-corrected chi connectivity index (χ4v) is 1.09. The van der Waals surface area contributed by atoms with Crippen molar-refractivity contribution in [1.29, 1.82) is 0 Å². The van der Waals surface area contributed by atoms with Crippen LogP contribution in [0.1, 0.15) is 34.6 Å². The van der Waals surface area contributed by atoms with Gasteiger partial charge in [0.05, 0.1) is 0 Å². The molecule has 0 aliphatic rings. The van der Waals surface area contributed by atoms with E-state index in [0.717, 1.165) is 5.92 Å². The summed E-state index contributed by atoms with van der Waals surface area (Å²) in [5.74, 6) is 1.41. The van der Waals surface area contributed by atoms with Crippen LogP contribution in [-0.4, -0.2) is 0 Å². The monoisotopic (exact) mass is 152 g/mol. The maximum absolute atomic E-state index is 2.28. The topological polar surface area (TPSA) is 0 Å². The SMILES string of the molecule is CC=CC(=CC)C(C)C(C)C. The van der Waals surface area contributed by atoms with E-state index in [1.54, 1.807) is 0 Å². The maximum Gasteiger partial charge on any atom is -0.0171 e. The highest BCUT2D eigenvalue weighted by molar-refractivity contribution is 5.20. The van der Waals surface area contributed by atoms with Crippen molar-refractivity contribution in [2.75, 3.05) is 0 Å². The zero-order valence-corrected chi connectivity index (χ0v) is 8.39. The summed E-state index contributed by atoms with van der Waals surface area (Å²) >= 11 is 0. The van der Waals surface area contributed by atoms with Gasteiger partial charge in [-0.25, -0.2) is 0 Å². The summed E-state index contributed by atoms with van der Waals surface area (Å²) < 4.78 is 0. The van der Waals surface area contributed by atoms with E-state index in [2.05, 4.69) is 52.8 Å². The van der Waals surface area contributed by atoms with Crippen LogP contribution in [0.5, 0.6) is 0 Å². The predicted molar refractivity (Wildman–Crippen MR) is 52.6 cm³/mol. The van der Waals surface area contributed by atoms with E-state index in [0.29, 0.717) is 5.92 Å². The molecule has 0 aromatic rings. The number of hydrogen-bond donors (Lipinski definition) is 0. The molecule has 0 saturated carbocycles. The van der Waals surface area contributed by atoms with Gasteiger partial charge in [-0.2, -0.15) is 0 Å². The third-order valence-corrected chi connectivity index (χ3v) is 2.22. The summed E-state index contributed by atoms with van der Waals surface area (Å²) in [6.45, 7) is 11.0. The van der Waals surface area contributed by atoms with Crippen molar-refractivity contribution in [2.45, 2.75) is 34.6 Å². The molecule has 64 valence electrons. The average molecular weight is 152 g/mol. The second kappa shape index (κ2) is 5.17. The lowest BCUT2D eigenvalue weighted by atomic mass is 9.89. The molecule has 0 N–H and O–H groups in total. The molecule has 0 rings (SSSR count). The Balaban J connectivity index is 4.27. The third-order valence-electron chi connectivity index (χ3n) is 2.22. The van der Waals surface area contributed by atoms with E-state index in [1.807, 2.05) is 0 Å². The molecule has 0 aliphatic carbocycles. The lowest BCUT2D eigenvalue weighted by Crippen LogP contribution is -2.05. The van der Waals surface area contributed by atoms with Gasteiger partial charge < -0.3 is 0 Å². The van der Waals surface area contributed by atoms with Gasteiger partial charge in [0, 0.05) is 0 Å². The van der Waals surface area contributed by atoms with Crippen LogP contribution >= 0.6 is 0 Å². The Bertz CT molecular complexity index is 149. The highest BCUT2D eigenvalue weighted by Crippen LogP contribution is 2.20. The molecule has 0 aromatic heterocycles. The van der Waals surface area contributed by atoms with E-state index in [9.17, 15) is 0 Å². The third kappa shape index (κ3) is 3.41. The van der Waals surface area contributed by atoms with Crippen LogP contribution in [0.3, 0.4) is 0 Å². The first kappa shape index (κ1) is 10.5. The molecule has 0 fully saturated rings. The van der Waals surface area contributed by atoms with Gasteiger partial charge in [-0.15, -0.1) is 0 Å². The Morgan fingerprint density at radius 2 is 1.64 bits per heavy atom. The van der Waals surface area contributed by atoms with Crippen molar-refractivity contribution in [3.63, 3.8) is 0 Å². The summed E-state index contributed by atoms with van der Waals surface area (Å²) in [7, 11) is 0. The summed E-state index contributed by atoms with van der Waals surface area (Å²) in [4.78, 5) is 0. The van der Waals surface area contributed by atoms with Gasteiger partial charge in [-0.3, -0.25) is 0 Å². The predicted octanol–water partition coefficient (Wildman–Crippen LogP) is 3.80. The van der Waals surface area contributed by atoms with Crippen LogP contribution < -0.4 is 0 Å². The van der Waals surface area contributed by atoms with Crippen molar-refractivity contribution >= 4 is 0 Å². The lowest BCUT2D eigenvalue weighted by Gasteiger charge is -2.16. The Morgan fingerprint density at radius 1 is 1.09 bits per heavy atom. The molecule has 0 spiro atoms. The van der Waals surface area contributed by atoms with Crippen LogP contribution in [0.25, 0.3) is 0 Å². The largest absolute Gasteiger partial charge is 0.0874 e. The number of hydrogen-bond acceptors (Lipinski definition) is 0. The van der Waals surface area contributed by atoms with Crippen LogP contribution in [0.15, 0.2) is 23.8 Å². The Labute approximate surface area is 71.0 Å². The van der Waals surface area contributed by atoms with Crippen molar-refractivity contribution in [3.05, 3.63) is 23.8 Å². The molecule has 0 aromatic carbocycles. The standard InChI is InChI=1S/C11H20/c1-6-8-11(7-2)10(5)9(3)4/h6-10H,1-5H3. The van der Waals surface area contributed by atoms with E-state index >= 15 is 0 Å². The van der Waals surface area contributed by atoms with Crippen molar-refractivity contribution < 1.29 is 0 Å². The van der Waals surface area contributed by atoms with Gasteiger partial charge in [-0.05, 0) is 31.3 Å². The first-order valence-corrected chi connectivity index (χ1v) is 4.42. The maximum atomic E-state index is 2.28. The fraction of sp³-hybridized carbons (Fsp3) is 0.636. The average Bonchev–Trinajstić information content (AvgIpc) is 1.98. The van der Waals surface area contributed by atoms with Crippen LogP contribution in [0.4, 0.5) is 0 Å². The van der Waals surface area contributed by atoms with E-state index in [4.69, 9.17) is 0 Å². The molecule has 0 aliphatic heterocycles. The fourth-order valence-electron chi connectivity index (χ4n) is 1.09. The first-order valence-electron chi connectivity index (χ1n) is 4.42. The Morgan fingerprint density at radius 3 is 1.91 bits per heavy atom. The molecule has 0 heteroatoms. The molecular weight excluding hydrogens is 132 g/mol.